The fourth-order valence-corrected chi connectivity index (χ4v) is 1.51. The summed E-state index contributed by atoms with van der Waals surface area (Å²) in [7, 11) is 0. The van der Waals surface area contributed by atoms with Crippen LogP contribution < -0.4 is 5.32 Å². The van der Waals surface area contributed by atoms with Gasteiger partial charge in [-0.15, -0.1) is 0 Å². The van der Waals surface area contributed by atoms with E-state index in [9.17, 15) is 0 Å². The van der Waals surface area contributed by atoms with Crippen molar-refractivity contribution in [1.29, 1.82) is 0 Å². The van der Waals surface area contributed by atoms with E-state index < -0.39 is 0 Å². The number of amidine groups is 1. The number of hydrogen-bond acceptors (Lipinski definition) is 1. The van der Waals surface area contributed by atoms with Gasteiger partial charge in [0.05, 0.1) is 0 Å². The summed E-state index contributed by atoms with van der Waals surface area (Å²) in [6.07, 6.45) is 10.1. The molecule has 0 saturated carbocycles. The van der Waals surface area contributed by atoms with E-state index in [0.717, 1.165) is 5.84 Å². The Labute approximate surface area is 81.1 Å². The number of rotatable bonds is 6. The first-order valence-corrected chi connectivity index (χ1v) is 5.28. The second-order valence-corrected chi connectivity index (χ2v) is 3.66. The standard InChI is InChI=1S/C11H19N2/c1-3-4-5-6-7-10(2)11-12-8-9-13-11/h8-10H,3-7H2,1-2H3. The van der Waals surface area contributed by atoms with Gasteiger partial charge in [0, 0.05) is 18.3 Å². The molecule has 0 amide bonds. The summed E-state index contributed by atoms with van der Waals surface area (Å²) in [5.74, 6) is 1.54. The van der Waals surface area contributed by atoms with Crippen LogP contribution in [0.2, 0.25) is 0 Å². The predicted octanol–water partition coefficient (Wildman–Crippen LogP) is 3.08. The minimum atomic E-state index is 0.534. The zero-order valence-electron chi connectivity index (χ0n) is 8.66. The first-order valence-electron chi connectivity index (χ1n) is 5.28. The highest BCUT2D eigenvalue weighted by molar-refractivity contribution is 5.86. The van der Waals surface area contributed by atoms with E-state index in [1.54, 1.807) is 12.4 Å². The molecule has 1 aliphatic heterocycles. The molecule has 1 heterocycles. The van der Waals surface area contributed by atoms with Crippen molar-refractivity contribution in [1.82, 2.24) is 5.32 Å². The van der Waals surface area contributed by atoms with Gasteiger partial charge in [0.2, 0.25) is 0 Å². The molecule has 2 heteroatoms. The average Bonchev–Trinajstić information content (AvgIpc) is 2.65. The van der Waals surface area contributed by atoms with Crippen molar-refractivity contribution in [3.05, 3.63) is 12.4 Å². The van der Waals surface area contributed by atoms with Gasteiger partial charge >= 0.3 is 0 Å². The molecular formula is C11H19N2. The lowest BCUT2D eigenvalue weighted by atomic mass is 10.0. The van der Waals surface area contributed by atoms with Crippen LogP contribution in [0.3, 0.4) is 0 Å². The van der Waals surface area contributed by atoms with Gasteiger partial charge in [0.1, 0.15) is 5.84 Å². The van der Waals surface area contributed by atoms with Crippen molar-refractivity contribution in [2.45, 2.75) is 46.0 Å². The van der Waals surface area contributed by atoms with E-state index in [-0.39, 0.29) is 0 Å². The largest absolute Gasteiger partial charge is 0.240 e. The molecule has 0 aromatic carbocycles. The molecule has 0 aromatic heterocycles. The van der Waals surface area contributed by atoms with Gasteiger partial charge in [-0.1, -0.05) is 39.5 Å². The topological polar surface area (TPSA) is 26.5 Å². The molecule has 2 nitrogen and oxygen atoms in total. The highest BCUT2D eigenvalue weighted by atomic mass is 15.0. The van der Waals surface area contributed by atoms with Crippen molar-refractivity contribution in [3.8, 4) is 0 Å². The van der Waals surface area contributed by atoms with Crippen LogP contribution in [-0.2, 0) is 0 Å². The molecule has 13 heavy (non-hydrogen) atoms. The molecule has 0 spiro atoms. The number of unbranched alkanes of at least 4 members (excludes halogenated alkanes) is 3. The molecule has 0 aromatic rings. The van der Waals surface area contributed by atoms with Crippen LogP contribution in [0, 0.1) is 5.92 Å². The molecule has 1 unspecified atom stereocenters. The smallest absolute Gasteiger partial charge is 0.131 e. The molecule has 1 radical (unpaired) electrons. The van der Waals surface area contributed by atoms with Gasteiger partial charge in [0.25, 0.3) is 0 Å². The maximum atomic E-state index is 4.20. The highest BCUT2D eigenvalue weighted by Crippen LogP contribution is 2.13. The Kier molecular flexibility index (Phi) is 4.58. The summed E-state index contributed by atoms with van der Waals surface area (Å²) < 4.78 is 0. The summed E-state index contributed by atoms with van der Waals surface area (Å²) in [5.41, 5.74) is 0. The Morgan fingerprint density at radius 1 is 1.23 bits per heavy atom. The first-order chi connectivity index (χ1) is 6.34. The maximum absolute atomic E-state index is 4.20. The second kappa shape index (κ2) is 5.79. The van der Waals surface area contributed by atoms with Crippen LogP contribution in [0.5, 0.6) is 0 Å². The molecular weight excluding hydrogens is 160 g/mol. The molecule has 1 atom stereocenters. The normalized spacial score (nSPS) is 16.9. The Bertz CT molecular complexity index is 194. The number of aliphatic imine (C=N–C) groups is 1. The molecule has 1 rings (SSSR count). The second-order valence-electron chi connectivity index (χ2n) is 3.66. The Morgan fingerprint density at radius 2 is 2.08 bits per heavy atom. The van der Waals surface area contributed by atoms with E-state index >= 15 is 0 Å². The Balaban J connectivity index is 2.07. The van der Waals surface area contributed by atoms with E-state index in [2.05, 4.69) is 24.2 Å². The summed E-state index contributed by atoms with van der Waals surface area (Å²) in [4.78, 5) is 4.20. The summed E-state index contributed by atoms with van der Waals surface area (Å²) in [6, 6.07) is 0. The van der Waals surface area contributed by atoms with E-state index in [4.69, 9.17) is 0 Å². The molecule has 0 aliphatic carbocycles. The Hall–Kier alpha value is -0.790. The average molecular weight is 179 g/mol. The maximum Gasteiger partial charge on any atom is 0.131 e. The number of nitrogens with zero attached hydrogens (tertiary/aromatic N) is 2. The third kappa shape index (κ3) is 3.62. The van der Waals surface area contributed by atoms with Crippen molar-refractivity contribution >= 4 is 5.84 Å². The molecule has 0 fully saturated rings. The molecule has 0 bridgehead atoms. The monoisotopic (exact) mass is 179 g/mol. The summed E-state index contributed by atoms with van der Waals surface area (Å²) >= 11 is 0. The van der Waals surface area contributed by atoms with Crippen LogP contribution >= 0.6 is 0 Å². The third-order valence-corrected chi connectivity index (χ3v) is 2.41. The van der Waals surface area contributed by atoms with Gasteiger partial charge < -0.3 is 0 Å². The van der Waals surface area contributed by atoms with Gasteiger partial charge in [-0.05, 0) is 6.42 Å². The van der Waals surface area contributed by atoms with Crippen molar-refractivity contribution in [2.24, 2.45) is 10.9 Å². The third-order valence-electron chi connectivity index (χ3n) is 2.41. The zero-order chi connectivity index (χ0) is 9.52. The van der Waals surface area contributed by atoms with Crippen molar-refractivity contribution < 1.29 is 0 Å². The molecule has 0 saturated heterocycles. The number of hydrogen-bond donors (Lipinski definition) is 0. The minimum absolute atomic E-state index is 0.534. The fraction of sp³-hybridized carbons (Fsp3) is 0.727. The predicted molar refractivity (Wildman–Crippen MR) is 56.6 cm³/mol. The lowest BCUT2D eigenvalue weighted by Gasteiger charge is -2.09. The van der Waals surface area contributed by atoms with Crippen LogP contribution in [0.15, 0.2) is 17.4 Å². The molecule has 73 valence electrons. The SMILES string of the molecule is CCCCCCC(C)C1=NC=C[N]1. The van der Waals surface area contributed by atoms with E-state index in [0.29, 0.717) is 5.92 Å². The lowest BCUT2D eigenvalue weighted by Crippen LogP contribution is -2.16. The molecule has 0 N–H and O–H groups in total. The van der Waals surface area contributed by atoms with Gasteiger partial charge in [-0.3, -0.25) is 0 Å². The quantitative estimate of drug-likeness (QED) is 0.560. The lowest BCUT2D eigenvalue weighted by molar-refractivity contribution is 0.574. The van der Waals surface area contributed by atoms with Crippen molar-refractivity contribution in [3.63, 3.8) is 0 Å². The van der Waals surface area contributed by atoms with Crippen LogP contribution in [0.25, 0.3) is 0 Å². The van der Waals surface area contributed by atoms with Gasteiger partial charge in [0.15, 0.2) is 0 Å². The summed E-state index contributed by atoms with van der Waals surface area (Å²) in [6.45, 7) is 4.45. The van der Waals surface area contributed by atoms with Crippen LogP contribution in [0.1, 0.15) is 46.0 Å². The van der Waals surface area contributed by atoms with E-state index in [1.807, 2.05) is 0 Å². The minimum Gasteiger partial charge on any atom is -0.240 e. The fourth-order valence-electron chi connectivity index (χ4n) is 1.51. The van der Waals surface area contributed by atoms with Crippen molar-refractivity contribution in [2.75, 3.05) is 0 Å². The van der Waals surface area contributed by atoms with Crippen LogP contribution in [-0.4, -0.2) is 5.84 Å². The van der Waals surface area contributed by atoms with E-state index in [1.165, 1.54) is 32.1 Å². The van der Waals surface area contributed by atoms with Gasteiger partial charge in [-0.25, -0.2) is 10.3 Å². The molecule has 1 aliphatic rings. The first kappa shape index (κ1) is 10.3. The Morgan fingerprint density at radius 3 is 2.69 bits per heavy atom. The summed E-state index contributed by atoms with van der Waals surface area (Å²) in [5, 5.41) is 4.20. The van der Waals surface area contributed by atoms with Crippen LogP contribution in [0.4, 0.5) is 0 Å². The highest BCUT2D eigenvalue weighted by Gasteiger charge is 2.11. The zero-order valence-corrected chi connectivity index (χ0v) is 8.66. The van der Waals surface area contributed by atoms with Gasteiger partial charge in [-0.2, -0.15) is 0 Å².